The minimum absolute atomic E-state index is 0.0980. The van der Waals surface area contributed by atoms with Gasteiger partial charge in [-0.3, -0.25) is 14.4 Å². The number of carbonyl (C=O) groups is 3. The summed E-state index contributed by atoms with van der Waals surface area (Å²) in [6.45, 7) is 6.17. The molecule has 0 atom stereocenters. The van der Waals surface area contributed by atoms with Crippen LogP contribution in [0.4, 0.5) is 5.13 Å². The van der Waals surface area contributed by atoms with Gasteiger partial charge in [0.2, 0.25) is 5.91 Å². The number of carbonyl (C=O) groups excluding carboxylic acids is 2. The molecule has 2 rings (SSSR count). The minimum Gasteiger partial charge on any atom is -0.481 e. The first kappa shape index (κ1) is 20.6. The first-order chi connectivity index (χ1) is 12.8. The summed E-state index contributed by atoms with van der Waals surface area (Å²) >= 11 is 1.16. The van der Waals surface area contributed by atoms with Crippen molar-refractivity contribution in [2.75, 3.05) is 18.4 Å². The third kappa shape index (κ3) is 6.18. The molecule has 144 valence electrons. The van der Waals surface area contributed by atoms with Crippen LogP contribution in [-0.2, 0) is 16.0 Å². The highest BCUT2D eigenvalue weighted by Crippen LogP contribution is 2.17. The maximum atomic E-state index is 12.9. The number of anilines is 1. The van der Waals surface area contributed by atoms with Crippen molar-refractivity contribution in [2.45, 2.75) is 27.2 Å². The maximum Gasteiger partial charge on any atom is 0.309 e. The molecule has 8 heteroatoms. The number of carboxylic acids is 1. The Bertz CT molecular complexity index is 832. The Balaban J connectivity index is 2.07. The summed E-state index contributed by atoms with van der Waals surface area (Å²) in [6, 6.07) is 7.28. The number of carboxylic acid groups (broad SMARTS) is 1. The molecule has 27 heavy (non-hydrogen) atoms. The van der Waals surface area contributed by atoms with Crippen LogP contribution in [0.5, 0.6) is 0 Å². The molecule has 1 aromatic heterocycles. The van der Waals surface area contributed by atoms with Gasteiger partial charge in [-0.1, -0.05) is 32.0 Å². The predicted molar refractivity (Wildman–Crippen MR) is 104 cm³/mol. The molecular weight excluding hydrogens is 366 g/mol. The largest absolute Gasteiger partial charge is 0.481 e. The second-order valence-corrected chi connectivity index (χ2v) is 7.52. The van der Waals surface area contributed by atoms with Crippen LogP contribution in [0.1, 0.15) is 35.5 Å². The zero-order chi connectivity index (χ0) is 20.0. The van der Waals surface area contributed by atoms with Gasteiger partial charge >= 0.3 is 5.97 Å². The van der Waals surface area contributed by atoms with Crippen molar-refractivity contribution in [3.8, 4) is 0 Å². The standard InChI is InChI=1S/C19H23N3O4S/c1-12(2)9-22(18(26)15-7-5-4-6-13(15)3)10-16(23)21-19-20-14(11-27-19)8-17(24)25/h4-7,11-12H,8-10H2,1-3H3,(H,24,25)(H,20,21,23). The van der Waals surface area contributed by atoms with E-state index < -0.39 is 5.97 Å². The molecule has 0 saturated carbocycles. The van der Waals surface area contributed by atoms with E-state index in [1.165, 1.54) is 4.90 Å². The van der Waals surface area contributed by atoms with E-state index in [1.54, 1.807) is 17.5 Å². The van der Waals surface area contributed by atoms with E-state index in [2.05, 4.69) is 10.3 Å². The van der Waals surface area contributed by atoms with Crippen molar-refractivity contribution in [2.24, 2.45) is 5.92 Å². The number of hydrogen-bond acceptors (Lipinski definition) is 5. The molecule has 2 aromatic rings. The number of nitrogens with one attached hydrogen (secondary N) is 1. The van der Waals surface area contributed by atoms with E-state index in [9.17, 15) is 14.4 Å². The topological polar surface area (TPSA) is 99.6 Å². The second-order valence-electron chi connectivity index (χ2n) is 6.66. The first-order valence-corrected chi connectivity index (χ1v) is 9.45. The lowest BCUT2D eigenvalue weighted by molar-refractivity contribution is -0.136. The summed E-state index contributed by atoms with van der Waals surface area (Å²) in [6.07, 6.45) is -0.197. The van der Waals surface area contributed by atoms with Crippen molar-refractivity contribution < 1.29 is 19.5 Å². The van der Waals surface area contributed by atoms with Gasteiger partial charge in [-0.15, -0.1) is 11.3 Å². The van der Waals surface area contributed by atoms with E-state index in [4.69, 9.17) is 5.11 Å². The highest BCUT2D eigenvalue weighted by molar-refractivity contribution is 7.13. The van der Waals surface area contributed by atoms with Crippen LogP contribution < -0.4 is 5.32 Å². The third-order valence-corrected chi connectivity index (χ3v) is 4.52. The number of thiazole rings is 1. The Kier molecular flexibility index (Phi) is 7.06. The van der Waals surface area contributed by atoms with Gasteiger partial charge in [0, 0.05) is 17.5 Å². The average Bonchev–Trinajstić information content (AvgIpc) is 2.99. The fourth-order valence-electron chi connectivity index (χ4n) is 2.58. The van der Waals surface area contributed by atoms with Crippen molar-refractivity contribution in [1.29, 1.82) is 0 Å². The summed E-state index contributed by atoms with van der Waals surface area (Å²) in [5.41, 5.74) is 1.82. The van der Waals surface area contributed by atoms with Gasteiger partial charge in [0.1, 0.15) is 6.54 Å². The second kappa shape index (κ2) is 9.27. The number of nitrogens with zero attached hydrogens (tertiary/aromatic N) is 2. The molecule has 0 radical (unpaired) electrons. The number of rotatable bonds is 8. The van der Waals surface area contributed by atoms with Crippen LogP contribution in [0.3, 0.4) is 0 Å². The molecule has 0 aliphatic rings. The van der Waals surface area contributed by atoms with E-state index in [0.29, 0.717) is 22.9 Å². The van der Waals surface area contributed by atoms with E-state index in [-0.39, 0.29) is 30.7 Å². The van der Waals surface area contributed by atoms with Crippen molar-refractivity contribution in [3.05, 3.63) is 46.5 Å². The highest BCUT2D eigenvalue weighted by Gasteiger charge is 2.21. The molecule has 0 aliphatic heterocycles. The molecule has 0 fully saturated rings. The van der Waals surface area contributed by atoms with E-state index >= 15 is 0 Å². The molecule has 2 amide bonds. The lowest BCUT2D eigenvalue weighted by Gasteiger charge is -2.24. The SMILES string of the molecule is Cc1ccccc1C(=O)N(CC(=O)Nc1nc(CC(=O)O)cs1)CC(C)C. The lowest BCUT2D eigenvalue weighted by atomic mass is 10.1. The fraction of sp³-hybridized carbons (Fsp3) is 0.368. The quantitative estimate of drug-likeness (QED) is 0.723. The van der Waals surface area contributed by atoms with Crippen LogP contribution >= 0.6 is 11.3 Å². The van der Waals surface area contributed by atoms with Gasteiger partial charge < -0.3 is 15.3 Å². The molecule has 2 N–H and O–H groups in total. The summed E-state index contributed by atoms with van der Waals surface area (Å²) in [5.74, 6) is -1.34. The zero-order valence-electron chi connectivity index (χ0n) is 15.6. The smallest absolute Gasteiger partial charge is 0.309 e. The van der Waals surface area contributed by atoms with E-state index in [1.807, 2.05) is 32.9 Å². The Morgan fingerprint density at radius 3 is 2.59 bits per heavy atom. The number of benzene rings is 1. The molecule has 0 spiro atoms. The number of aryl methyl sites for hydroxylation is 1. The van der Waals surface area contributed by atoms with E-state index in [0.717, 1.165) is 16.9 Å². The Labute approximate surface area is 162 Å². The molecule has 1 aromatic carbocycles. The van der Waals surface area contributed by atoms with Gasteiger partial charge in [0.15, 0.2) is 5.13 Å². The van der Waals surface area contributed by atoms with Crippen LogP contribution in [0, 0.1) is 12.8 Å². The average molecular weight is 389 g/mol. The van der Waals surface area contributed by atoms with Crippen molar-refractivity contribution in [1.82, 2.24) is 9.88 Å². The molecule has 0 aliphatic carbocycles. The summed E-state index contributed by atoms with van der Waals surface area (Å²) in [4.78, 5) is 41.6. The number of hydrogen-bond donors (Lipinski definition) is 2. The molecule has 0 saturated heterocycles. The summed E-state index contributed by atoms with van der Waals surface area (Å²) < 4.78 is 0. The Morgan fingerprint density at radius 1 is 1.26 bits per heavy atom. The van der Waals surface area contributed by atoms with Crippen molar-refractivity contribution in [3.63, 3.8) is 0 Å². The van der Waals surface area contributed by atoms with Crippen LogP contribution in [0.2, 0.25) is 0 Å². The fourth-order valence-corrected chi connectivity index (χ4v) is 3.30. The normalized spacial score (nSPS) is 10.7. The minimum atomic E-state index is -0.981. The van der Waals surface area contributed by atoms with Crippen LogP contribution in [-0.4, -0.2) is 45.9 Å². The number of aromatic nitrogens is 1. The predicted octanol–water partition coefficient (Wildman–Crippen LogP) is 2.82. The zero-order valence-corrected chi connectivity index (χ0v) is 16.4. The lowest BCUT2D eigenvalue weighted by Crippen LogP contribution is -2.40. The Hall–Kier alpha value is -2.74. The van der Waals surface area contributed by atoms with Crippen LogP contribution in [0.15, 0.2) is 29.6 Å². The van der Waals surface area contributed by atoms with Crippen LogP contribution in [0.25, 0.3) is 0 Å². The molecule has 0 bridgehead atoms. The molecule has 7 nitrogen and oxygen atoms in total. The maximum absolute atomic E-state index is 12.9. The van der Waals surface area contributed by atoms with Gasteiger partial charge in [0.25, 0.3) is 5.91 Å². The molecule has 0 unspecified atom stereocenters. The molecular formula is C19H23N3O4S. The van der Waals surface area contributed by atoms with Gasteiger partial charge in [-0.25, -0.2) is 4.98 Å². The number of amides is 2. The summed E-state index contributed by atoms with van der Waals surface area (Å²) in [5, 5.41) is 13.3. The Morgan fingerprint density at radius 2 is 1.96 bits per heavy atom. The highest BCUT2D eigenvalue weighted by atomic mass is 32.1. The van der Waals surface area contributed by atoms with Gasteiger partial charge in [-0.2, -0.15) is 0 Å². The molecule has 1 heterocycles. The summed E-state index contributed by atoms with van der Waals surface area (Å²) in [7, 11) is 0. The van der Waals surface area contributed by atoms with Gasteiger partial charge in [-0.05, 0) is 24.5 Å². The van der Waals surface area contributed by atoms with Crippen molar-refractivity contribution >= 4 is 34.3 Å². The first-order valence-electron chi connectivity index (χ1n) is 8.57. The number of aliphatic carboxylic acids is 1. The third-order valence-electron chi connectivity index (χ3n) is 3.71. The monoisotopic (exact) mass is 389 g/mol. The van der Waals surface area contributed by atoms with Gasteiger partial charge in [0.05, 0.1) is 12.1 Å².